The fourth-order valence-electron chi connectivity index (χ4n) is 3.59. The summed E-state index contributed by atoms with van der Waals surface area (Å²) in [6.45, 7) is 4.15. The van der Waals surface area contributed by atoms with Crippen LogP contribution in [-0.2, 0) is 15.6 Å². The molecule has 0 amide bonds. The number of fused-ring (bicyclic) bond motifs is 1. The van der Waals surface area contributed by atoms with Crippen molar-refractivity contribution in [1.82, 2.24) is 0 Å². The number of rotatable bonds is 3. The standard InChI is InChI=1S/C20H22N2O2S2/c1-14-6-8-17(9-7-14)22-19-13-26(23,24)12-18(19)21-20(22)25-11-16-5-3-4-15(2)10-16/h3-10,18-19H,11-13H2,1-2H3/t18-,19-/m0/s1. The molecule has 0 radical (unpaired) electrons. The van der Waals surface area contributed by atoms with Gasteiger partial charge in [0.1, 0.15) is 0 Å². The van der Waals surface area contributed by atoms with Crippen LogP contribution in [0.25, 0.3) is 0 Å². The third-order valence-corrected chi connectivity index (χ3v) is 7.61. The van der Waals surface area contributed by atoms with Gasteiger partial charge in [-0.15, -0.1) is 0 Å². The first kappa shape index (κ1) is 17.6. The number of amidine groups is 1. The molecule has 2 aromatic carbocycles. The minimum atomic E-state index is -3.01. The Balaban J connectivity index is 1.61. The van der Waals surface area contributed by atoms with Crippen molar-refractivity contribution in [3.63, 3.8) is 0 Å². The molecule has 2 aromatic rings. The Bertz CT molecular complexity index is 952. The number of hydrogen-bond acceptors (Lipinski definition) is 5. The lowest BCUT2D eigenvalue weighted by Gasteiger charge is -2.26. The van der Waals surface area contributed by atoms with E-state index in [1.807, 2.05) is 0 Å². The zero-order chi connectivity index (χ0) is 18.3. The molecule has 0 spiro atoms. The summed E-state index contributed by atoms with van der Waals surface area (Å²) >= 11 is 1.69. The van der Waals surface area contributed by atoms with E-state index >= 15 is 0 Å². The summed E-state index contributed by atoms with van der Waals surface area (Å²) in [6.07, 6.45) is 0. The Hall–Kier alpha value is -1.79. The van der Waals surface area contributed by atoms with Crippen molar-refractivity contribution in [1.29, 1.82) is 0 Å². The van der Waals surface area contributed by atoms with E-state index in [0.29, 0.717) is 0 Å². The van der Waals surface area contributed by atoms with E-state index in [0.717, 1.165) is 16.6 Å². The highest BCUT2D eigenvalue weighted by Crippen LogP contribution is 2.36. The molecule has 0 unspecified atom stereocenters. The Morgan fingerprint density at radius 3 is 2.58 bits per heavy atom. The van der Waals surface area contributed by atoms with Crippen LogP contribution in [0.15, 0.2) is 53.5 Å². The third-order valence-electron chi connectivity index (χ3n) is 4.87. The summed E-state index contributed by atoms with van der Waals surface area (Å²) in [4.78, 5) is 6.92. The molecule has 6 heteroatoms. The van der Waals surface area contributed by atoms with Gasteiger partial charge in [0.2, 0.25) is 0 Å². The smallest absolute Gasteiger partial charge is 0.164 e. The second-order valence-electron chi connectivity index (χ2n) is 7.11. The van der Waals surface area contributed by atoms with Crippen LogP contribution in [0, 0.1) is 13.8 Å². The van der Waals surface area contributed by atoms with Gasteiger partial charge in [-0.1, -0.05) is 59.3 Å². The highest BCUT2D eigenvalue weighted by molar-refractivity contribution is 8.13. The van der Waals surface area contributed by atoms with E-state index in [1.54, 1.807) is 11.8 Å². The first-order valence-corrected chi connectivity index (χ1v) is 11.5. The van der Waals surface area contributed by atoms with Gasteiger partial charge in [0.25, 0.3) is 0 Å². The number of aryl methyl sites for hydroxylation is 2. The number of anilines is 1. The van der Waals surface area contributed by atoms with Gasteiger partial charge in [0.15, 0.2) is 15.0 Å². The van der Waals surface area contributed by atoms with Gasteiger partial charge in [-0.25, -0.2) is 8.42 Å². The van der Waals surface area contributed by atoms with Crippen molar-refractivity contribution in [3.05, 3.63) is 65.2 Å². The van der Waals surface area contributed by atoms with Gasteiger partial charge in [0.05, 0.1) is 23.6 Å². The predicted octanol–water partition coefficient (Wildman–Crippen LogP) is 3.58. The number of nitrogens with zero attached hydrogens (tertiary/aromatic N) is 2. The average molecular weight is 387 g/mol. The second kappa shape index (κ2) is 6.74. The molecule has 0 bridgehead atoms. The first-order chi connectivity index (χ1) is 12.4. The quantitative estimate of drug-likeness (QED) is 0.809. The van der Waals surface area contributed by atoms with Gasteiger partial charge in [0, 0.05) is 11.4 Å². The maximum Gasteiger partial charge on any atom is 0.164 e. The fraction of sp³-hybridized carbons (Fsp3) is 0.350. The highest BCUT2D eigenvalue weighted by atomic mass is 32.2. The number of thioether (sulfide) groups is 1. The molecule has 0 saturated carbocycles. The van der Waals surface area contributed by atoms with E-state index in [1.165, 1.54) is 16.7 Å². The minimum absolute atomic E-state index is 0.0808. The van der Waals surface area contributed by atoms with Crippen molar-refractivity contribution in [2.45, 2.75) is 31.7 Å². The molecule has 2 aliphatic heterocycles. The lowest BCUT2D eigenvalue weighted by molar-refractivity contribution is 0.601. The SMILES string of the molecule is Cc1ccc(N2C(SCc3cccc(C)c3)=N[C@H]3CS(=O)(=O)C[C@@H]32)cc1. The molecule has 4 nitrogen and oxygen atoms in total. The van der Waals surface area contributed by atoms with E-state index in [4.69, 9.17) is 4.99 Å². The molecular weight excluding hydrogens is 364 g/mol. The van der Waals surface area contributed by atoms with Crippen LogP contribution in [0.4, 0.5) is 5.69 Å². The molecule has 2 atom stereocenters. The summed E-state index contributed by atoms with van der Waals surface area (Å²) < 4.78 is 24.2. The molecule has 0 aliphatic carbocycles. The molecule has 2 aliphatic rings. The maximum atomic E-state index is 12.1. The molecule has 1 fully saturated rings. The summed E-state index contributed by atoms with van der Waals surface area (Å²) in [5.41, 5.74) is 4.71. The predicted molar refractivity (Wildman–Crippen MR) is 110 cm³/mol. The summed E-state index contributed by atoms with van der Waals surface area (Å²) in [6, 6.07) is 16.5. The molecule has 0 N–H and O–H groups in total. The van der Waals surface area contributed by atoms with E-state index in [-0.39, 0.29) is 23.6 Å². The lowest BCUT2D eigenvalue weighted by Crippen LogP contribution is -2.39. The number of benzene rings is 2. The number of sulfone groups is 1. The third kappa shape index (κ3) is 3.53. The van der Waals surface area contributed by atoms with Gasteiger partial charge >= 0.3 is 0 Å². The molecular formula is C20H22N2O2S2. The minimum Gasteiger partial charge on any atom is -0.315 e. The number of hydrogen-bond donors (Lipinski definition) is 0. The summed E-state index contributed by atoms with van der Waals surface area (Å²) in [5, 5.41) is 0.931. The highest BCUT2D eigenvalue weighted by Gasteiger charge is 2.47. The Morgan fingerprint density at radius 2 is 1.85 bits per heavy atom. The zero-order valence-corrected chi connectivity index (χ0v) is 16.6. The average Bonchev–Trinajstić information content (AvgIpc) is 3.05. The lowest BCUT2D eigenvalue weighted by atomic mass is 10.1. The molecule has 2 heterocycles. The Labute approximate surface area is 159 Å². The zero-order valence-electron chi connectivity index (χ0n) is 14.9. The van der Waals surface area contributed by atoms with Crippen molar-refractivity contribution in [3.8, 4) is 0 Å². The normalized spacial score (nSPS) is 23.8. The van der Waals surface area contributed by atoms with Gasteiger partial charge in [-0.2, -0.15) is 0 Å². The van der Waals surface area contributed by atoms with E-state index in [9.17, 15) is 8.42 Å². The summed E-state index contributed by atoms with van der Waals surface area (Å²) in [5.74, 6) is 1.17. The van der Waals surface area contributed by atoms with Crippen molar-refractivity contribution < 1.29 is 8.42 Å². The number of aliphatic imine (C=N–C) groups is 1. The molecule has 4 rings (SSSR count). The van der Waals surface area contributed by atoms with Crippen LogP contribution in [0.5, 0.6) is 0 Å². The molecule has 1 saturated heterocycles. The van der Waals surface area contributed by atoms with Crippen LogP contribution >= 0.6 is 11.8 Å². The largest absolute Gasteiger partial charge is 0.315 e. The second-order valence-corrected chi connectivity index (χ2v) is 10.2. The van der Waals surface area contributed by atoms with Crippen LogP contribution in [0.1, 0.15) is 16.7 Å². The molecule has 26 heavy (non-hydrogen) atoms. The van der Waals surface area contributed by atoms with Crippen LogP contribution < -0.4 is 4.90 Å². The van der Waals surface area contributed by atoms with Crippen molar-refractivity contribution >= 4 is 32.5 Å². The van der Waals surface area contributed by atoms with E-state index < -0.39 is 9.84 Å². The summed E-state index contributed by atoms with van der Waals surface area (Å²) in [7, 11) is -3.01. The topological polar surface area (TPSA) is 49.7 Å². The monoisotopic (exact) mass is 386 g/mol. The maximum absolute atomic E-state index is 12.1. The van der Waals surface area contributed by atoms with Crippen molar-refractivity contribution in [2.75, 3.05) is 16.4 Å². The van der Waals surface area contributed by atoms with Gasteiger partial charge < -0.3 is 4.90 Å². The van der Waals surface area contributed by atoms with Gasteiger partial charge in [-0.3, -0.25) is 4.99 Å². The van der Waals surface area contributed by atoms with Crippen LogP contribution in [-0.4, -0.2) is 37.2 Å². The Morgan fingerprint density at radius 1 is 1.08 bits per heavy atom. The van der Waals surface area contributed by atoms with Crippen LogP contribution in [0.2, 0.25) is 0 Å². The molecule has 0 aromatic heterocycles. The van der Waals surface area contributed by atoms with Crippen LogP contribution in [0.3, 0.4) is 0 Å². The fourth-order valence-corrected chi connectivity index (χ4v) is 6.50. The van der Waals surface area contributed by atoms with Crippen molar-refractivity contribution in [2.24, 2.45) is 4.99 Å². The first-order valence-electron chi connectivity index (χ1n) is 8.74. The molecule has 136 valence electrons. The van der Waals surface area contributed by atoms with E-state index in [2.05, 4.69) is 67.3 Å². The van der Waals surface area contributed by atoms with Gasteiger partial charge in [-0.05, 0) is 31.5 Å². The Kier molecular flexibility index (Phi) is 4.57.